The van der Waals surface area contributed by atoms with Crippen LogP contribution in [0.5, 0.6) is 0 Å². The third-order valence-electron chi connectivity index (χ3n) is 3.10. The van der Waals surface area contributed by atoms with Crippen LogP contribution in [0.15, 0.2) is 0 Å². The minimum atomic E-state index is 0.381. The molecule has 1 atom stereocenters. The summed E-state index contributed by atoms with van der Waals surface area (Å²) in [4.78, 5) is 13.6. The summed E-state index contributed by atoms with van der Waals surface area (Å²) in [5.74, 6) is 0.381. The Kier molecular flexibility index (Phi) is 2.83. The van der Waals surface area contributed by atoms with Crippen LogP contribution in [0, 0.1) is 0 Å². The zero-order chi connectivity index (χ0) is 9.10. The molecule has 1 amide bonds. The molecule has 0 aromatic heterocycles. The molecule has 2 fully saturated rings. The van der Waals surface area contributed by atoms with Crippen LogP contribution in [0.25, 0.3) is 0 Å². The van der Waals surface area contributed by atoms with Gasteiger partial charge in [0.05, 0.1) is 0 Å². The average molecular weight is 182 g/mol. The van der Waals surface area contributed by atoms with E-state index in [1.54, 1.807) is 0 Å². The van der Waals surface area contributed by atoms with Gasteiger partial charge in [-0.05, 0) is 38.8 Å². The van der Waals surface area contributed by atoms with Gasteiger partial charge in [0.25, 0.3) is 0 Å². The molecule has 3 nitrogen and oxygen atoms in total. The first kappa shape index (κ1) is 9.00. The van der Waals surface area contributed by atoms with E-state index in [2.05, 4.69) is 10.2 Å². The van der Waals surface area contributed by atoms with Crippen molar-refractivity contribution >= 4 is 5.91 Å². The quantitative estimate of drug-likeness (QED) is 0.649. The maximum absolute atomic E-state index is 11.5. The maximum atomic E-state index is 11.5. The first-order valence-electron chi connectivity index (χ1n) is 5.38. The molecular weight excluding hydrogens is 164 g/mol. The Hall–Kier alpha value is -0.570. The van der Waals surface area contributed by atoms with Gasteiger partial charge >= 0.3 is 0 Å². The molecule has 2 heterocycles. The number of rotatable bonds is 1. The van der Waals surface area contributed by atoms with Crippen LogP contribution < -0.4 is 5.32 Å². The summed E-state index contributed by atoms with van der Waals surface area (Å²) in [5.41, 5.74) is 0. The third-order valence-corrected chi connectivity index (χ3v) is 3.10. The lowest BCUT2D eigenvalue weighted by Crippen LogP contribution is -2.36. The number of hydrogen-bond donors (Lipinski definition) is 1. The van der Waals surface area contributed by atoms with E-state index in [9.17, 15) is 4.79 Å². The fourth-order valence-electron chi connectivity index (χ4n) is 2.37. The van der Waals surface area contributed by atoms with Crippen LogP contribution in [0.3, 0.4) is 0 Å². The second-order valence-corrected chi connectivity index (χ2v) is 4.03. The standard InChI is InChI=1S/C10H18N2O/c13-10-4-2-8-12(10)9-3-1-6-11-7-5-9/h9,11H,1-8H2/t9-/m1/s1. The molecule has 0 unspecified atom stereocenters. The van der Waals surface area contributed by atoms with Crippen LogP contribution in [0.1, 0.15) is 32.1 Å². The molecule has 0 aromatic carbocycles. The minimum Gasteiger partial charge on any atom is -0.340 e. The summed E-state index contributed by atoms with van der Waals surface area (Å²) in [7, 11) is 0. The molecule has 0 aromatic rings. The Balaban J connectivity index is 1.93. The molecule has 0 aliphatic carbocycles. The van der Waals surface area contributed by atoms with E-state index in [1.807, 2.05) is 0 Å². The van der Waals surface area contributed by atoms with E-state index in [4.69, 9.17) is 0 Å². The van der Waals surface area contributed by atoms with Gasteiger partial charge in [0, 0.05) is 19.0 Å². The zero-order valence-electron chi connectivity index (χ0n) is 8.09. The van der Waals surface area contributed by atoms with Crippen molar-refractivity contribution in [3.05, 3.63) is 0 Å². The molecule has 0 saturated carbocycles. The summed E-state index contributed by atoms with van der Waals surface area (Å²) < 4.78 is 0. The van der Waals surface area contributed by atoms with E-state index < -0.39 is 0 Å². The van der Waals surface area contributed by atoms with Crippen molar-refractivity contribution in [2.45, 2.75) is 38.1 Å². The Morgan fingerprint density at radius 2 is 2.15 bits per heavy atom. The summed E-state index contributed by atoms with van der Waals surface area (Å²) in [6.07, 6.45) is 5.41. The fourth-order valence-corrected chi connectivity index (χ4v) is 2.37. The largest absolute Gasteiger partial charge is 0.340 e. The monoisotopic (exact) mass is 182 g/mol. The molecule has 0 bridgehead atoms. The topological polar surface area (TPSA) is 32.3 Å². The lowest BCUT2D eigenvalue weighted by molar-refractivity contribution is -0.129. The number of carbonyl (C=O) groups is 1. The van der Waals surface area contributed by atoms with Crippen molar-refractivity contribution in [2.75, 3.05) is 19.6 Å². The van der Waals surface area contributed by atoms with Gasteiger partial charge in [0.2, 0.25) is 5.91 Å². The van der Waals surface area contributed by atoms with E-state index in [0.717, 1.165) is 38.9 Å². The molecule has 13 heavy (non-hydrogen) atoms. The summed E-state index contributed by atoms with van der Waals surface area (Å²) in [5, 5.41) is 3.38. The van der Waals surface area contributed by atoms with E-state index in [-0.39, 0.29) is 0 Å². The van der Waals surface area contributed by atoms with Crippen molar-refractivity contribution in [3.63, 3.8) is 0 Å². The predicted molar refractivity (Wildman–Crippen MR) is 51.5 cm³/mol. The highest BCUT2D eigenvalue weighted by molar-refractivity contribution is 5.78. The Morgan fingerprint density at radius 1 is 1.23 bits per heavy atom. The average Bonchev–Trinajstić information content (AvgIpc) is 2.43. The summed E-state index contributed by atoms with van der Waals surface area (Å²) in [6, 6.07) is 0.532. The van der Waals surface area contributed by atoms with Crippen molar-refractivity contribution in [3.8, 4) is 0 Å². The number of amides is 1. The Morgan fingerprint density at radius 3 is 2.92 bits per heavy atom. The van der Waals surface area contributed by atoms with Gasteiger partial charge in [-0.3, -0.25) is 4.79 Å². The van der Waals surface area contributed by atoms with Crippen molar-refractivity contribution < 1.29 is 4.79 Å². The summed E-state index contributed by atoms with van der Waals surface area (Å²) in [6.45, 7) is 3.20. The maximum Gasteiger partial charge on any atom is 0.222 e. The molecule has 2 aliphatic rings. The number of nitrogens with zero attached hydrogens (tertiary/aromatic N) is 1. The van der Waals surface area contributed by atoms with Crippen LogP contribution in [0.2, 0.25) is 0 Å². The zero-order valence-corrected chi connectivity index (χ0v) is 8.09. The van der Waals surface area contributed by atoms with Crippen LogP contribution in [0.4, 0.5) is 0 Å². The molecule has 2 aliphatic heterocycles. The van der Waals surface area contributed by atoms with Gasteiger partial charge in [0.15, 0.2) is 0 Å². The van der Waals surface area contributed by atoms with Crippen LogP contribution >= 0.6 is 0 Å². The number of likely N-dealkylation sites (tertiary alicyclic amines) is 1. The van der Waals surface area contributed by atoms with Crippen molar-refractivity contribution in [2.24, 2.45) is 0 Å². The van der Waals surface area contributed by atoms with Gasteiger partial charge in [-0.1, -0.05) is 0 Å². The minimum absolute atomic E-state index is 0.381. The van der Waals surface area contributed by atoms with E-state index >= 15 is 0 Å². The van der Waals surface area contributed by atoms with Crippen molar-refractivity contribution in [1.29, 1.82) is 0 Å². The molecule has 0 radical (unpaired) electrons. The predicted octanol–water partition coefficient (Wildman–Crippen LogP) is 0.751. The number of carbonyl (C=O) groups excluding carboxylic acids is 1. The fraction of sp³-hybridized carbons (Fsp3) is 0.900. The second kappa shape index (κ2) is 4.09. The molecule has 3 heteroatoms. The molecule has 2 rings (SSSR count). The second-order valence-electron chi connectivity index (χ2n) is 4.03. The highest BCUT2D eigenvalue weighted by Crippen LogP contribution is 2.19. The molecule has 74 valence electrons. The normalized spacial score (nSPS) is 30.6. The van der Waals surface area contributed by atoms with E-state index in [0.29, 0.717) is 11.9 Å². The molecule has 0 spiro atoms. The smallest absolute Gasteiger partial charge is 0.222 e. The third kappa shape index (κ3) is 2.02. The highest BCUT2D eigenvalue weighted by atomic mass is 16.2. The lowest BCUT2D eigenvalue weighted by Gasteiger charge is -2.26. The van der Waals surface area contributed by atoms with Gasteiger partial charge in [-0.25, -0.2) is 0 Å². The molecular formula is C10H18N2O. The molecule has 1 N–H and O–H groups in total. The van der Waals surface area contributed by atoms with Crippen molar-refractivity contribution in [1.82, 2.24) is 10.2 Å². The SMILES string of the molecule is O=C1CCCN1[C@@H]1CCCNCC1. The first-order valence-corrected chi connectivity index (χ1v) is 5.38. The highest BCUT2D eigenvalue weighted by Gasteiger charge is 2.27. The molecule has 2 saturated heterocycles. The van der Waals surface area contributed by atoms with Gasteiger partial charge < -0.3 is 10.2 Å². The van der Waals surface area contributed by atoms with Gasteiger partial charge in [0.1, 0.15) is 0 Å². The van der Waals surface area contributed by atoms with E-state index in [1.165, 1.54) is 12.8 Å². The summed E-state index contributed by atoms with van der Waals surface area (Å²) >= 11 is 0. The van der Waals surface area contributed by atoms with Crippen LogP contribution in [-0.4, -0.2) is 36.5 Å². The van der Waals surface area contributed by atoms with Gasteiger partial charge in [-0.15, -0.1) is 0 Å². The Bertz CT molecular complexity index is 185. The Labute approximate surface area is 79.5 Å². The van der Waals surface area contributed by atoms with Gasteiger partial charge in [-0.2, -0.15) is 0 Å². The number of hydrogen-bond acceptors (Lipinski definition) is 2. The number of nitrogens with one attached hydrogen (secondary N) is 1. The lowest BCUT2D eigenvalue weighted by atomic mass is 10.1. The first-order chi connectivity index (χ1) is 6.38. The van der Waals surface area contributed by atoms with Crippen LogP contribution in [-0.2, 0) is 4.79 Å².